The average Bonchev–Trinajstić information content (AvgIpc) is 3.03. The molecule has 0 radical (unpaired) electrons. The number of methoxy groups -OCH3 is 1. The fraction of sp³-hybridized carbons (Fsp3) is 0.389. The smallest absolute Gasteiger partial charge is 0.378 e. The molecule has 6 nitrogen and oxygen atoms in total. The molecule has 0 aliphatic rings. The highest BCUT2D eigenvalue weighted by Crippen LogP contribution is 2.30. The molecule has 0 amide bonds. The van der Waals surface area contributed by atoms with Crippen LogP contribution < -0.4 is 5.32 Å². The summed E-state index contributed by atoms with van der Waals surface area (Å²) in [5.74, 6) is 1.12. The van der Waals surface area contributed by atoms with Gasteiger partial charge < -0.3 is 10.1 Å². The SMILES string of the molecule is COCc1cc(NC(C)(C)Cc2ccc(C(F)(F)F)cc2)n2ncnc2n1. The number of hydrogen-bond acceptors (Lipinski definition) is 5. The maximum Gasteiger partial charge on any atom is 0.416 e. The number of ether oxygens (including phenoxy) is 1. The van der Waals surface area contributed by atoms with Gasteiger partial charge in [-0.3, -0.25) is 0 Å². The first-order valence-corrected chi connectivity index (χ1v) is 8.31. The molecule has 0 bridgehead atoms. The summed E-state index contributed by atoms with van der Waals surface area (Å²) in [4.78, 5) is 8.46. The lowest BCUT2D eigenvalue weighted by Crippen LogP contribution is -2.34. The van der Waals surface area contributed by atoms with Crippen LogP contribution in [-0.4, -0.2) is 32.2 Å². The van der Waals surface area contributed by atoms with E-state index in [1.165, 1.54) is 18.5 Å². The van der Waals surface area contributed by atoms with E-state index in [2.05, 4.69) is 20.4 Å². The number of halogens is 3. The summed E-state index contributed by atoms with van der Waals surface area (Å²) < 4.78 is 44.9. The van der Waals surface area contributed by atoms with Gasteiger partial charge in [-0.15, -0.1) is 0 Å². The minimum atomic E-state index is -4.33. The molecule has 9 heteroatoms. The van der Waals surface area contributed by atoms with E-state index in [9.17, 15) is 13.2 Å². The van der Waals surface area contributed by atoms with Crippen molar-refractivity contribution in [2.45, 2.75) is 38.6 Å². The highest BCUT2D eigenvalue weighted by atomic mass is 19.4. The third-order valence-corrected chi connectivity index (χ3v) is 3.99. The first kappa shape index (κ1) is 19.1. The quantitative estimate of drug-likeness (QED) is 0.707. The number of nitrogens with zero attached hydrogens (tertiary/aromatic N) is 4. The predicted molar refractivity (Wildman–Crippen MR) is 94.3 cm³/mol. The number of hydrogen-bond donors (Lipinski definition) is 1. The fourth-order valence-corrected chi connectivity index (χ4v) is 2.88. The molecular weight excluding hydrogens is 359 g/mol. The van der Waals surface area contributed by atoms with Crippen LogP contribution >= 0.6 is 0 Å². The van der Waals surface area contributed by atoms with Crippen LogP contribution in [-0.2, 0) is 23.9 Å². The third-order valence-electron chi connectivity index (χ3n) is 3.99. The Hall–Kier alpha value is -2.68. The Labute approximate surface area is 154 Å². The number of fused-ring (bicyclic) bond motifs is 1. The zero-order valence-corrected chi connectivity index (χ0v) is 15.2. The topological polar surface area (TPSA) is 64.3 Å². The average molecular weight is 379 g/mol. The molecule has 1 N–H and O–H groups in total. The van der Waals surface area contributed by atoms with E-state index in [0.29, 0.717) is 30.3 Å². The van der Waals surface area contributed by atoms with E-state index >= 15 is 0 Å². The summed E-state index contributed by atoms with van der Waals surface area (Å²) in [5.41, 5.74) is 0.386. The lowest BCUT2D eigenvalue weighted by Gasteiger charge is -2.28. The molecule has 0 saturated heterocycles. The largest absolute Gasteiger partial charge is 0.416 e. The van der Waals surface area contributed by atoms with Crippen molar-refractivity contribution in [2.24, 2.45) is 0 Å². The molecule has 0 fully saturated rings. The molecule has 0 atom stereocenters. The van der Waals surface area contributed by atoms with Crippen LogP contribution in [0.2, 0.25) is 0 Å². The minimum absolute atomic E-state index is 0.331. The predicted octanol–water partition coefficient (Wildman–Crippen LogP) is 3.72. The molecule has 2 aromatic heterocycles. The number of benzene rings is 1. The maximum atomic E-state index is 12.7. The van der Waals surface area contributed by atoms with Gasteiger partial charge >= 0.3 is 6.18 Å². The summed E-state index contributed by atoms with van der Waals surface area (Å²) in [6.45, 7) is 4.26. The van der Waals surface area contributed by atoms with Gasteiger partial charge in [-0.05, 0) is 38.0 Å². The molecule has 27 heavy (non-hydrogen) atoms. The summed E-state index contributed by atoms with van der Waals surface area (Å²) in [6.07, 6.45) is -2.41. The molecule has 0 unspecified atom stereocenters. The Morgan fingerprint density at radius 2 is 1.85 bits per heavy atom. The van der Waals surface area contributed by atoms with Gasteiger partial charge in [0.15, 0.2) is 0 Å². The van der Waals surface area contributed by atoms with Crippen molar-refractivity contribution in [1.82, 2.24) is 19.6 Å². The standard InChI is InChI=1S/C18H20F3N5O/c1-17(2,9-12-4-6-13(7-5-12)18(19,20)21)25-15-8-14(10-27-3)24-16-22-11-23-26(15)16/h4-8,11,25H,9-10H2,1-3H3. The molecule has 144 valence electrons. The van der Waals surface area contributed by atoms with Gasteiger partial charge in [0.25, 0.3) is 5.78 Å². The van der Waals surface area contributed by atoms with Crippen LogP contribution in [0.15, 0.2) is 36.7 Å². The number of aromatic nitrogens is 4. The Morgan fingerprint density at radius 1 is 1.15 bits per heavy atom. The second kappa shape index (κ2) is 7.15. The van der Waals surface area contributed by atoms with Crippen molar-refractivity contribution in [2.75, 3.05) is 12.4 Å². The summed E-state index contributed by atoms with van der Waals surface area (Å²) in [5, 5.41) is 7.55. The third kappa shape index (κ3) is 4.54. The Morgan fingerprint density at radius 3 is 2.48 bits per heavy atom. The first-order chi connectivity index (χ1) is 12.7. The van der Waals surface area contributed by atoms with Crippen molar-refractivity contribution in [3.63, 3.8) is 0 Å². The van der Waals surface area contributed by atoms with E-state index in [1.807, 2.05) is 19.9 Å². The van der Waals surface area contributed by atoms with E-state index in [-0.39, 0.29) is 0 Å². The van der Waals surface area contributed by atoms with Gasteiger partial charge in [0.1, 0.15) is 12.1 Å². The fourth-order valence-electron chi connectivity index (χ4n) is 2.88. The van der Waals surface area contributed by atoms with E-state index in [1.54, 1.807) is 11.6 Å². The zero-order chi connectivity index (χ0) is 19.7. The molecule has 3 aromatic rings. The van der Waals surface area contributed by atoms with Crippen LogP contribution in [0.5, 0.6) is 0 Å². The number of alkyl halides is 3. The summed E-state index contributed by atoms with van der Waals surface area (Å²) in [6, 6.07) is 7.02. The van der Waals surface area contributed by atoms with Crippen molar-refractivity contribution in [1.29, 1.82) is 0 Å². The van der Waals surface area contributed by atoms with Gasteiger partial charge in [0.05, 0.1) is 17.9 Å². The summed E-state index contributed by atoms with van der Waals surface area (Å²) >= 11 is 0. The van der Waals surface area contributed by atoms with Crippen molar-refractivity contribution < 1.29 is 17.9 Å². The Balaban J connectivity index is 1.82. The minimum Gasteiger partial charge on any atom is -0.378 e. The van der Waals surface area contributed by atoms with E-state index in [4.69, 9.17) is 4.74 Å². The van der Waals surface area contributed by atoms with Crippen LogP contribution in [0.3, 0.4) is 0 Å². The van der Waals surface area contributed by atoms with E-state index < -0.39 is 17.3 Å². The van der Waals surface area contributed by atoms with Gasteiger partial charge in [0.2, 0.25) is 0 Å². The Kier molecular flexibility index (Phi) is 5.05. The zero-order valence-electron chi connectivity index (χ0n) is 15.2. The van der Waals surface area contributed by atoms with Gasteiger partial charge in [-0.2, -0.15) is 27.8 Å². The molecule has 0 saturated carbocycles. The van der Waals surface area contributed by atoms with Crippen LogP contribution in [0, 0.1) is 0 Å². The van der Waals surface area contributed by atoms with Gasteiger partial charge in [-0.25, -0.2) is 4.98 Å². The highest BCUT2D eigenvalue weighted by molar-refractivity contribution is 5.47. The normalized spacial score (nSPS) is 12.5. The van der Waals surface area contributed by atoms with Crippen LogP contribution in [0.25, 0.3) is 5.78 Å². The molecule has 2 heterocycles. The maximum absolute atomic E-state index is 12.7. The van der Waals surface area contributed by atoms with Gasteiger partial charge in [-0.1, -0.05) is 12.1 Å². The van der Waals surface area contributed by atoms with E-state index in [0.717, 1.165) is 17.7 Å². The van der Waals surface area contributed by atoms with Crippen LogP contribution in [0.1, 0.15) is 30.7 Å². The number of anilines is 1. The molecule has 1 aromatic carbocycles. The second-order valence-electron chi connectivity index (χ2n) is 6.92. The van der Waals surface area contributed by atoms with Crippen molar-refractivity contribution >= 4 is 11.6 Å². The molecular formula is C18H20F3N5O. The molecule has 0 aliphatic carbocycles. The number of rotatable bonds is 6. The molecule has 0 aliphatic heterocycles. The Bertz CT molecular complexity index is 919. The second-order valence-corrected chi connectivity index (χ2v) is 6.92. The lowest BCUT2D eigenvalue weighted by molar-refractivity contribution is -0.137. The molecule has 0 spiro atoms. The number of nitrogens with one attached hydrogen (secondary N) is 1. The van der Waals surface area contributed by atoms with Crippen molar-refractivity contribution in [3.8, 4) is 0 Å². The van der Waals surface area contributed by atoms with Crippen LogP contribution in [0.4, 0.5) is 19.0 Å². The highest BCUT2D eigenvalue weighted by Gasteiger charge is 2.30. The summed E-state index contributed by atoms with van der Waals surface area (Å²) in [7, 11) is 1.58. The monoisotopic (exact) mass is 379 g/mol. The van der Waals surface area contributed by atoms with Gasteiger partial charge in [0, 0.05) is 18.7 Å². The first-order valence-electron chi connectivity index (χ1n) is 8.31. The lowest BCUT2D eigenvalue weighted by atomic mass is 9.94. The van der Waals surface area contributed by atoms with Crippen molar-refractivity contribution in [3.05, 3.63) is 53.5 Å². The molecule has 3 rings (SSSR count).